The van der Waals surface area contributed by atoms with Crippen LogP contribution in [-0.4, -0.2) is 56.2 Å². The highest BCUT2D eigenvalue weighted by Gasteiger charge is 2.50. The van der Waals surface area contributed by atoms with E-state index in [-0.39, 0.29) is 53.1 Å². The molecule has 2 fully saturated rings. The van der Waals surface area contributed by atoms with Crippen LogP contribution in [0, 0.1) is 22.6 Å². The molecule has 0 unspecified atom stereocenters. The molecule has 1 heterocycles. The van der Waals surface area contributed by atoms with Gasteiger partial charge in [0.1, 0.15) is 22.5 Å². The number of benzene rings is 2. The minimum Gasteiger partial charge on any atom is -0.493 e. The second-order valence-corrected chi connectivity index (χ2v) is 11.3. The first-order valence-electron chi connectivity index (χ1n) is 10.3. The minimum absolute atomic E-state index is 0.0210. The smallest absolute Gasteiger partial charge is 0.244 e. The summed E-state index contributed by atoms with van der Waals surface area (Å²) in [6.45, 7) is 0.954. The average Bonchev–Trinajstić information content (AvgIpc) is 2.70. The van der Waals surface area contributed by atoms with Gasteiger partial charge in [-0.1, -0.05) is 23.2 Å². The molecular weight excluding hydrogens is 492 g/mol. The molecule has 2 aromatic rings. The Hall–Kier alpha value is -1.93. The summed E-state index contributed by atoms with van der Waals surface area (Å²) in [5.41, 5.74) is -0.639. The van der Waals surface area contributed by atoms with Crippen LogP contribution in [0.2, 0.25) is 10.0 Å². The van der Waals surface area contributed by atoms with Crippen molar-refractivity contribution in [2.45, 2.75) is 29.9 Å². The van der Waals surface area contributed by atoms with E-state index in [1.165, 1.54) is 34.6 Å². The molecule has 1 saturated carbocycles. The molecule has 33 heavy (non-hydrogen) atoms. The first-order valence-corrected chi connectivity index (χ1v) is 12.5. The third-order valence-electron chi connectivity index (χ3n) is 6.02. The molecule has 0 aromatic heterocycles. The Labute approximate surface area is 201 Å². The summed E-state index contributed by atoms with van der Waals surface area (Å²) in [5, 5.41) is 22.2. The van der Waals surface area contributed by atoms with Crippen LogP contribution in [0.5, 0.6) is 5.75 Å². The van der Waals surface area contributed by atoms with Gasteiger partial charge in [-0.05, 0) is 43.2 Å². The van der Waals surface area contributed by atoms with Gasteiger partial charge in [-0.25, -0.2) is 12.8 Å². The maximum absolute atomic E-state index is 13.9. The van der Waals surface area contributed by atoms with Gasteiger partial charge in [-0.3, -0.25) is 0 Å². The van der Waals surface area contributed by atoms with E-state index in [4.69, 9.17) is 33.2 Å². The molecule has 2 aliphatic rings. The molecule has 1 aliphatic heterocycles. The van der Waals surface area contributed by atoms with Crippen molar-refractivity contribution in [3.05, 3.63) is 57.8 Å². The van der Waals surface area contributed by atoms with Gasteiger partial charge in [-0.15, -0.1) is 0 Å². The van der Waals surface area contributed by atoms with Crippen LogP contribution >= 0.6 is 23.2 Å². The van der Waals surface area contributed by atoms with E-state index in [0.29, 0.717) is 24.4 Å². The van der Waals surface area contributed by atoms with Gasteiger partial charge >= 0.3 is 0 Å². The van der Waals surface area contributed by atoms with Gasteiger partial charge in [0.2, 0.25) is 10.0 Å². The van der Waals surface area contributed by atoms with E-state index in [0.717, 1.165) is 6.07 Å². The molecule has 0 bridgehead atoms. The summed E-state index contributed by atoms with van der Waals surface area (Å²) in [4.78, 5) is -0.0210. The van der Waals surface area contributed by atoms with E-state index < -0.39 is 21.3 Å². The molecule has 0 amide bonds. The van der Waals surface area contributed by atoms with Crippen LogP contribution in [-0.2, 0) is 10.0 Å². The van der Waals surface area contributed by atoms with Crippen molar-refractivity contribution in [1.29, 1.82) is 5.26 Å². The quantitative estimate of drug-likeness (QED) is 0.561. The van der Waals surface area contributed by atoms with Gasteiger partial charge in [0.25, 0.3) is 0 Å². The summed E-state index contributed by atoms with van der Waals surface area (Å²) in [7, 11) is -3.83. The maximum Gasteiger partial charge on any atom is 0.244 e. The predicted octanol–water partition coefficient (Wildman–Crippen LogP) is 3.19. The molecule has 0 spiro atoms. The first-order chi connectivity index (χ1) is 15.6. The van der Waals surface area contributed by atoms with Gasteiger partial charge in [-0.2, -0.15) is 9.57 Å². The fraction of sp³-hybridized carbons (Fsp3) is 0.409. The third-order valence-corrected chi connectivity index (χ3v) is 8.53. The molecule has 7 nitrogen and oxygen atoms in total. The number of sulfonamides is 1. The number of rotatable bonds is 8. The molecule has 0 atom stereocenters. The summed E-state index contributed by atoms with van der Waals surface area (Å²) in [6, 6.07) is 10.1. The van der Waals surface area contributed by atoms with Crippen molar-refractivity contribution in [1.82, 2.24) is 9.62 Å². The Kier molecular flexibility index (Phi) is 6.87. The van der Waals surface area contributed by atoms with Crippen molar-refractivity contribution < 1.29 is 22.7 Å². The van der Waals surface area contributed by atoms with Crippen LogP contribution in [0.1, 0.15) is 18.4 Å². The van der Waals surface area contributed by atoms with Crippen LogP contribution in [0.4, 0.5) is 4.39 Å². The highest BCUT2D eigenvalue weighted by atomic mass is 35.5. The normalized spacial score (nSPS) is 22.2. The first kappa shape index (κ1) is 24.2. The van der Waals surface area contributed by atoms with Crippen LogP contribution in [0.15, 0.2) is 41.3 Å². The molecule has 2 aromatic carbocycles. The number of nitrogens with one attached hydrogen (secondary N) is 1. The molecule has 2 N–H and O–H groups in total. The molecule has 1 aliphatic carbocycles. The van der Waals surface area contributed by atoms with Crippen molar-refractivity contribution in [3.8, 4) is 11.8 Å². The number of halogens is 3. The molecule has 11 heteroatoms. The van der Waals surface area contributed by atoms with E-state index >= 15 is 0 Å². The van der Waals surface area contributed by atoms with Crippen molar-refractivity contribution in [3.63, 3.8) is 0 Å². The van der Waals surface area contributed by atoms with Crippen LogP contribution in [0.3, 0.4) is 0 Å². The van der Waals surface area contributed by atoms with E-state index in [1.54, 1.807) is 6.07 Å². The number of nitrogens with zero attached hydrogens (tertiary/aromatic N) is 2. The van der Waals surface area contributed by atoms with E-state index in [1.807, 2.05) is 0 Å². The highest BCUT2D eigenvalue weighted by Crippen LogP contribution is 2.38. The number of aliphatic hydroxyl groups excluding tert-OH is 1. The van der Waals surface area contributed by atoms with Crippen molar-refractivity contribution in [2.24, 2.45) is 5.41 Å². The molecule has 176 valence electrons. The standard InChI is InChI=1S/C22H22Cl2FN3O4S/c23-15-2-4-21(19(24)5-15)33(30,31)28-11-22(12-28,10-27-16-6-17(29)7-16)13-32-18-3-1-14(9-26)20(25)8-18/h1-5,8,16-17,27,29H,6-7,10-13H2/t16-,17-. The Morgan fingerprint density at radius 3 is 2.58 bits per heavy atom. The fourth-order valence-electron chi connectivity index (χ4n) is 3.98. The van der Waals surface area contributed by atoms with Crippen LogP contribution in [0.25, 0.3) is 0 Å². The Morgan fingerprint density at radius 2 is 1.97 bits per heavy atom. The zero-order chi connectivity index (χ0) is 23.8. The zero-order valence-corrected chi connectivity index (χ0v) is 19.8. The van der Waals surface area contributed by atoms with Crippen LogP contribution < -0.4 is 10.1 Å². The molecular formula is C22H22Cl2FN3O4S. The number of aliphatic hydroxyl groups is 1. The Balaban J connectivity index is 1.48. The fourth-order valence-corrected chi connectivity index (χ4v) is 6.39. The Bertz CT molecular complexity index is 1190. The Morgan fingerprint density at radius 1 is 1.24 bits per heavy atom. The second-order valence-electron chi connectivity index (χ2n) is 8.59. The summed E-state index contributed by atoms with van der Waals surface area (Å²) in [5.74, 6) is -0.423. The zero-order valence-electron chi connectivity index (χ0n) is 17.5. The number of ether oxygens (including phenoxy) is 1. The van der Waals surface area contributed by atoms with Crippen molar-refractivity contribution in [2.75, 3.05) is 26.2 Å². The minimum atomic E-state index is -3.83. The van der Waals surface area contributed by atoms with Gasteiger partial charge in [0.05, 0.1) is 23.3 Å². The number of hydrogen-bond acceptors (Lipinski definition) is 6. The lowest BCUT2D eigenvalue weighted by Crippen LogP contribution is -2.65. The SMILES string of the molecule is N#Cc1ccc(OCC2(CN[C@H]3C[C@H](O)C3)CN(S(=O)(=O)c3ccc(Cl)cc3Cl)C2)cc1F. The lowest BCUT2D eigenvalue weighted by Gasteiger charge is -2.50. The summed E-state index contributed by atoms with van der Waals surface area (Å²) >= 11 is 12.0. The number of nitriles is 1. The van der Waals surface area contributed by atoms with Gasteiger partial charge in [0.15, 0.2) is 0 Å². The summed E-state index contributed by atoms with van der Waals surface area (Å²) < 4.78 is 47.2. The monoisotopic (exact) mass is 513 g/mol. The highest BCUT2D eigenvalue weighted by molar-refractivity contribution is 7.89. The molecule has 4 rings (SSSR count). The number of hydrogen-bond donors (Lipinski definition) is 2. The maximum atomic E-state index is 13.9. The molecule has 0 radical (unpaired) electrons. The van der Waals surface area contributed by atoms with Gasteiger partial charge in [0, 0.05) is 42.2 Å². The lowest BCUT2D eigenvalue weighted by atomic mass is 9.81. The van der Waals surface area contributed by atoms with Gasteiger partial charge < -0.3 is 15.2 Å². The predicted molar refractivity (Wildman–Crippen MR) is 121 cm³/mol. The lowest BCUT2D eigenvalue weighted by molar-refractivity contribution is 0.00347. The third kappa shape index (κ3) is 5.11. The average molecular weight is 514 g/mol. The van der Waals surface area contributed by atoms with E-state index in [2.05, 4.69) is 5.32 Å². The second kappa shape index (κ2) is 9.37. The van der Waals surface area contributed by atoms with Crippen molar-refractivity contribution >= 4 is 33.2 Å². The summed E-state index contributed by atoms with van der Waals surface area (Å²) in [6.07, 6.45) is 0.960. The van der Waals surface area contributed by atoms with E-state index in [9.17, 15) is 17.9 Å². The molecule has 1 saturated heterocycles. The largest absolute Gasteiger partial charge is 0.493 e. The topological polar surface area (TPSA) is 103 Å².